The van der Waals surface area contributed by atoms with Crippen molar-refractivity contribution >= 4 is 11.9 Å². The van der Waals surface area contributed by atoms with Crippen molar-refractivity contribution in [1.82, 2.24) is 0 Å². The number of carbonyl (C=O) groups is 2. The molecule has 1 atom stereocenters. The lowest BCUT2D eigenvalue weighted by Gasteiger charge is -2.15. The molecule has 0 radical (unpaired) electrons. The molecule has 5 nitrogen and oxygen atoms in total. The van der Waals surface area contributed by atoms with Gasteiger partial charge in [0.2, 0.25) is 0 Å². The molecule has 1 unspecified atom stereocenters. The number of hydrogen-bond donors (Lipinski definition) is 1. The first kappa shape index (κ1) is 63.9. The largest absolute Gasteiger partial charge is 0.462 e. The summed E-state index contributed by atoms with van der Waals surface area (Å²) in [5.41, 5.74) is 0. The van der Waals surface area contributed by atoms with Crippen molar-refractivity contribution in [3.8, 4) is 0 Å². The molecular weight excluding hydrogens is 801 g/mol. The number of aliphatic hydroxyl groups is 1. The predicted molar refractivity (Wildman–Crippen MR) is 284 cm³/mol. The van der Waals surface area contributed by atoms with E-state index in [4.69, 9.17) is 9.47 Å². The molecule has 0 spiro atoms. The number of hydrogen-bond acceptors (Lipinski definition) is 5. The second-order valence-electron chi connectivity index (χ2n) is 20.8. The van der Waals surface area contributed by atoms with Gasteiger partial charge in [-0.25, -0.2) is 0 Å². The van der Waals surface area contributed by atoms with Gasteiger partial charge in [0.25, 0.3) is 0 Å². The second kappa shape index (κ2) is 57.2. The smallest absolute Gasteiger partial charge is 0.306 e. The van der Waals surface area contributed by atoms with Crippen molar-refractivity contribution in [3.05, 3.63) is 0 Å². The molecular formula is C60H118O5. The minimum Gasteiger partial charge on any atom is -0.462 e. The van der Waals surface area contributed by atoms with E-state index in [9.17, 15) is 14.7 Å². The molecule has 0 aromatic rings. The van der Waals surface area contributed by atoms with Crippen LogP contribution in [-0.4, -0.2) is 36.4 Å². The predicted octanol–water partition coefficient (Wildman–Crippen LogP) is 20.1. The fourth-order valence-corrected chi connectivity index (χ4v) is 9.62. The Bertz CT molecular complexity index is 906. The molecule has 0 heterocycles. The topological polar surface area (TPSA) is 72.8 Å². The molecule has 0 saturated carbocycles. The lowest BCUT2D eigenvalue weighted by atomic mass is 10.0. The molecule has 0 aromatic heterocycles. The minimum atomic E-state index is -0.763. The maximum Gasteiger partial charge on any atom is 0.306 e. The number of ether oxygens (including phenoxy) is 2. The average molecular weight is 920 g/mol. The van der Waals surface area contributed by atoms with Gasteiger partial charge in [-0.05, 0) is 12.8 Å². The van der Waals surface area contributed by atoms with Crippen LogP contribution in [0.5, 0.6) is 0 Å². The van der Waals surface area contributed by atoms with Crippen LogP contribution >= 0.6 is 0 Å². The van der Waals surface area contributed by atoms with Crippen LogP contribution in [0.25, 0.3) is 0 Å². The lowest BCUT2D eigenvalue weighted by molar-refractivity contribution is -0.161. The molecule has 0 aromatic carbocycles. The third-order valence-electron chi connectivity index (χ3n) is 14.2. The molecule has 1 N–H and O–H groups in total. The average Bonchev–Trinajstić information content (AvgIpc) is 3.31. The van der Waals surface area contributed by atoms with Crippen molar-refractivity contribution in [2.45, 2.75) is 360 Å². The third kappa shape index (κ3) is 55.4. The Balaban J connectivity index is 3.33. The fraction of sp³-hybridized carbons (Fsp3) is 0.967. The van der Waals surface area contributed by atoms with Gasteiger partial charge in [-0.2, -0.15) is 0 Å². The molecule has 0 rings (SSSR count). The zero-order chi connectivity index (χ0) is 47.0. The standard InChI is InChI=1S/C60H118O5/c1-3-5-7-9-11-13-15-17-19-20-21-22-23-24-25-26-27-28-29-30-31-32-33-34-35-36-37-38-39-41-43-45-47-49-51-53-55-60(63)65-58(56-61)57-64-59(62)54-52-50-48-46-44-42-40-18-16-14-12-10-8-6-4-2/h58,61H,3-57H2,1-2H3. The Morgan fingerprint density at radius 2 is 0.477 bits per heavy atom. The van der Waals surface area contributed by atoms with Gasteiger partial charge < -0.3 is 14.6 Å². The highest BCUT2D eigenvalue weighted by molar-refractivity contribution is 5.70. The van der Waals surface area contributed by atoms with Crippen molar-refractivity contribution in [1.29, 1.82) is 0 Å². The summed E-state index contributed by atoms with van der Waals surface area (Å²) in [6.07, 6.45) is 69.7. The molecule has 0 bridgehead atoms. The van der Waals surface area contributed by atoms with E-state index in [0.29, 0.717) is 12.8 Å². The van der Waals surface area contributed by atoms with Crippen molar-refractivity contribution in [3.63, 3.8) is 0 Å². The minimum absolute atomic E-state index is 0.0560. The molecule has 0 aliphatic carbocycles. The first-order valence-corrected chi connectivity index (χ1v) is 30.1. The molecule has 0 saturated heterocycles. The summed E-state index contributed by atoms with van der Waals surface area (Å²) < 4.78 is 10.7. The van der Waals surface area contributed by atoms with Gasteiger partial charge >= 0.3 is 11.9 Å². The molecule has 65 heavy (non-hydrogen) atoms. The summed E-state index contributed by atoms with van der Waals surface area (Å²) in [7, 11) is 0. The Hall–Kier alpha value is -1.10. The van der Waals surface area contributed by atoms with Crippen LogP contribution < -0.4 is 0 Å². The first-order chi connectivity index (χ1) is 32.1. The maximum absolute atomic E-state index is 12.3. The zero-order valence-corrected chi connectivity index (χ0v) is 44.5. The summed E-state index contributed by atoms with van der Waals surface area (Å²) >= 11 is 0. The van der Waals surface area contributed by atoms with Gasteiger partial charge in [0.1, 0.15) is 6.61 Å². The highest BCUT2D eigenvalue weighted by Crippen LogP contribution is 2.19. The molecule has 0 aliphatic heterocycles. The van der Waals surface area contributed by atoms with Crippen molar-refractivity contribution in [2.75, 3.05) is 13.2 Å². The first-order valence-electron chi connectivity index (χ1n) is 30.1. The summed E-state index contributed by atoms with van der Waals surface area (Å²) in [5, 5.41) is 9.64. The van der Waals surface area contributed by atoms with Crippen LogP contribution in [-0.2, 0) is 19.1 Å². The second-order valence-corrected chi connectivity index (χ2v) is 20.8. The van der Waals surface area contributed by atoms with Gasteiger partial charge in [-0.1, -0.05) is 328 Å². The number of carbonyl (C=O) groups excluding carboxylic acids is 2. The highest BCUT2D eigenvalue weighted by atomic mass is 16.6. The van der Waals surface area contributed by atoms with Gasteiger partial charge in [-0.3, -0.25) is 9.59 Å². The Morgan fingerprint density at radius 3 is 0.677 bits per heavy atom. The van der Waals surface area contributed by atoms with E-state index in [0.717, 1.165) is 32.1 Å². The van der Waals surface area contributed by atoms with Crippen molar-refractivity contribution < 1.29 is 24.2 Å². The Morgan fingerprint density at radius 1 is 0.292 bits per heavy atom. The molecule has 0 amide bonds. The van der Waals surface area contributed by atoms with Gasteiger partial charge in [0, 0.05) is 12.8 Å². The summed E-state index contributed by atoms with van der Waals surface area (Å²) in [6, 6.07) is 0. The van der Waals surface area contributed by atoms with E-state index >= 15 is 0 Å². The fourth-order valence-electron chi connectivity index (χ4n) is 9.62. The SMILES string of the molecule is CCCCCCCCCCCCCCCCCCCCCCCCCCCCCCCCCCCCCCC(=O)OC(CO)COC(=O)CCCCCCCCCCCCCCCCC. The van der Waals surface area contributed by atoms with Crippen molar-refractivity contribution in [2.24, 2.45) is 0 Å². The quantitative estimate of drug-likeness (QED) is 0.0486. The van der Waals surface area contributed by atoms with Crippen LogP contribution in [0.4, 0.5) is 0 Å². The summed E-state index contributed by atoms with van der Waals surface area (Å²) in [5.74, 6) is -0.565. The number of aliphatic hydroxyl groups excluding tert-OH is 1. The lowest BCUT2D eigenvalue weighted by Crippen LogP contribution is -2.28. The summed E-state index contributed by atoms with van der Waals surface area (Å²) in [4.78, 5) is 24.5. The third-order valence-corrected chi connectivity index (χ3v) is 14.2. The van der Waals surface area contributed by atoms with Crippen LogP contribution in [0, 0.1) is 0 Å². The monoisotopic (exact) mass is 919 g/mol. The van der Waals surface area contributed by atoms with E-state index < -0.39 is 6.10 Å². The van der Waals surface area contributed by atoms with E-state index in [2.05, 4.69) is 13.8 Å². The molecule has 5 heteroatoms. The molecule has 0 aliphatic rings. The number of rotatable bonds is 57. The van der Waals surface area contributed by atoms with Gasteiger partial charge in [0.15, 0.2) is 6.10 Å². The van der Waals surface area contributed by atoms with Crippen LogP contribution in [0.15, 0.2) is 0 Å². The normalized spacial score (nSPS) is 12.0. The van der Waals surface area contributed by atoms with E-state index in [1.165, 1.54) is 295 Å². The van der Waals surface area contributed by atoms with Crippen LogP contribution in [0.3, 0.4) is 0 Å². The Labute approximate surface area is 408 Å². The summed E-state index contributed by atoms with van der Waals surface area (Å²) in [6.45, 7) is 4.20. The van der Waals surface area contributed by atoms with E-state index in [1.807, 2.05) is 0 Å². The van der Waals surface area contributed by atoms with Gasteiger partial charge in [-0.15, -0.1) is 0 Å². The number of esters is 2. The van der Waals surface area contributed by atoms with E-state index in [-0.39, 0.29) is 25.2 Å². The highest BCUT2D eigenvalue weighted by Gasteiger charge is 2.16. The zero-order valence-electron chi connectivity index (χ0n) is 44.5. The molecule has 0 fully saturated rings. The number of unbranched alkanes of at least 4 members (excludes halogenated alkanes) is 49. The van der Waals surface area contributed by atoms with Crippen LogP contribution in [0.2, 0.25) is 0 Å². The molecule has 388 valence electrons. The van der Waals surface area contributed by atoms with Gasteiger partial charge in [0.05, 0.1) is 6.61 Å². The Kier molecular flexibility index (Phi) is 56.3. The van der Waals surface area contributed by atoms with Crippen LogP contribution in [0.1, 0.15) is 354 Å². The van der Waals surface area contributed by atoms with E-state index in [1.54, 1.807) is 0 Å². The maximum atomic E-state index is 12.3.